The Morgan fingerprint density at radius 3 is 1.50 bits per heavy atom. The summed E-state index contributed by atoms with van der Waals surface area (Å²) in [5, 5.41) is 8.87. The van der Waals surface area contributed by atoms with Gasteiger partial charge in [0.15, 0.2) is 0 Å². The Balaban J connectivity index is 3.59. The number of halogens is 7. The molecule has 1 unspecified atom stereocenters. The van der Waals surface area contributed by atoms with Crippen LogP contribution in [-0.2, 0) is 21.5 Å². The maximum absolute atomic E-state index is 12.6. The fraction of sp³-hybridized carbons (Fsp3) is 0.364. The topological polar surface area (TPSA) is 37.3 Å². The first-order valence-electron chi connectivity index (χ1n) is 4.98. The molecule has 112 valence electrons. The van der Waals surface area contributed by atoms with Crippen molar-refractivity contribution in [1.82, 2.24) is 0 Å². The molecule has 9 heteroatoms. The van der Waals surface area contributed by atoms with E-state index < -0.39 is 39.3 Å². The Bertz CT molecular complexity index is 500. The van der Waals surface area contributed by atoms with E-state index in [4.69, 9.17) is 5.11 Å². The maximum Gasteiger partial charge on any atom is 0.416 e. The molecule has 0 aliphatic heterocycles. The Morgan fingerprint density at radius 2 is 1.25 bits per heavy atom. The van der Waals surface area contributed by atoms with Gasteiger partial charge in [-0.25, -0.2) is 0 Å². The van der Waals surface area contributed by atoms with Crippen LogP contribution in [0.25, 0.3) is 0 Å². The number of carbonyl (C=O) groups is 1. The number of benzene rings is 1. The van der Waals surface area contributed by atoms with Crippen molar-refractivity contribution >= 4 is 21.9 Å². The molecule has 0 radical (unpaired) electrons. The molecule has 1 N–H and O–H groups in total. The van der Waals surface area contributed by atoms with E-state index in [1.54, 1.807) is 0 Å². The van der Waals surface area contributed by atoms with Crippen molar-refractivity contribution in [3.63, 3.8) is 0 Å². The highest BCUT2D eigenvalue weighted by atomic mass is 79.9. The van der Waals surface area contributed by atoms with Crippen molar-refractivity contribution in [2.45, 2.75) is 23.6 Å². The van der Waals surface area contributed by atoms with Gasteiger partial charge in [0.25, 0.3) is 0 Å². The minimum absolute atomic E-state index is 0.0611. The zero-order valence-electron chi connectivity index (χ0n) is 9.73. The molecule has 0 aliphatic rings. The van der Waals surface area contributed by atoms with Crippen LogP contribution in [0.15, 0.2) is 18.2 Å². The fourth-order valence-electron chi connectivity index (χ4n) is 1.35. The molecule has 0 saturated heterocycles. The molecule has 1 aromatic carbocycles. The van der Waals surface area contributed by atoms with Gasteiger partial charge in [-0.1, -0.05) is 15.9 Å². The normalized spacial score (nSPS) is 15.8. The first-order chi connectivity index (χ1) is 8.76. The van der Waals surface area contributed by atoms with Crippen molar-refractivity contribution in [2.75, 3.05) is 0 Å². The Hall–Kier alpha value is -1.25. The molecule has 1 rings (SSSR count). The van der Waals surface area contributed by atoms with E-state index in [-0.39, 0.29) is 6.07 Å². The van der Waals surface area contributed by atoms with E-state index in [2.05, 4.69) is 15.9 Å². The van der Waals surface area contributed by atoms with E-state index in [1.165, 1.54) is 0 Å². The lowest BCUT2D eigenvalue weighted by atomic mass is 9.95. The highest BCUT2D eigenvalue weighted by Gasteiger charge is 2.40. The van der Waals surface area contributed by atoms with Gasteiger partial charge in [0, 0.05) is 0 Å². The monoisotopic (exact) mass is 364 g/mol. The molecule has 0 heterocycles. The van der Waals surface area contributed by atoms with Crippen molar-refractivity contribution in [2.24, 2.45) is 0 Å². The molecule has 0 aromatic heterocycles. The van der Waals surface area contributed by atoms with Gasteiger partial charge >= 0.3 is 18.3 Å². The number of carboxylic acids is 1. The summed E-state index contributed by atoms with van der Waals surface area (Å²) in [6, 6.07) is 0.685. The predicted molar refractivity (Wildman–Crippen MR) is 60.4 cm³/mol. The summed E-state index contributed by atoms with van der Waals surface area (Å²) in [6.45, 7) is 0.949. The molecular formula is C11H7BrF6O2. The number of aliphatic carboxylic acids is 1. The first-order valence-corrected chi connectivity index (χ1v) is 5.78. The van der Waals surface area contributed by atoms with Crippen LogP contribution in [0.1, 0.15) is 23.6 Å². The summed E-state index contributed by atoms with van der Waals surface area (Å²) in [5.74, 6) is -1.61. The van der Waals surface area contributed by atoms with E-state index in [0.717, 1.165) is 6.92 Å². The zero-order chi connectivity index (χ0) is 15.9. The van der Waals surface area contributed by atoms with Gasteiger partial charge in [-0.15, -0.1) is 0 Å². The second kappa shape index (κ2) is 4.94. The van der Waals surface area contributed by atoms with Crippen LogP contribution in [0.5, 0.6) is 0 Å². The number of rotatable bonds is 2. The van der Waals surface area contributed by atoms with Gasteiger partial charge in [0.1, 0.15) is 4.32 Å². The van der Waals surface area contributed by atoms with Crippen LogP contribution in [0.4, 0.5) is 26.3 Å². The summed E-state index contributed by atoms with van der Waals surface area (Å²) in [4.78, 5) is 10.9. The molecule has 0 fully saturated rings. The Labute approximate surface area is 117 Å². The Morgan fingerprint density at radius 1 is 0.950 bits per heavy atom. The average Bonchev–Trinajstić information content (AvgIpc) is 2.25. The number of carboxylic acid groups (broad SMARTS) is 1. The first kappa shape index (κ1) is 16.8. The van der Waals surface area contributed by atoms with Gasteiger partial charge in [-0.3, -0.25) is 4.79 Å². The van der Waals surface area contributed by atoms with Crippen molar-refractivity contribution in [1.29, 1.82) is 0 Å². The van der Waals surface area contributed by atoms with Crippen molar-refractivity contribution in [3.05, 3.63) is 34.9 Å². The fourth-order valence-corrected chi connectivity index (χ4v) is 1.58. The van der Waals surface area contributed by atoms with Crippen LogP contribution in [-0.4, -0.2) is 11.1 Å². The predicted octanol–water partition coefficient (Wildman–Crippen LogP) is 4.42. The molecule has 1 atom stereocenters. The quantitative estimate of drug-likeness (QED) is 0.623. The zero-order valence-corrected chi connectivity index (χ0v) is 11.3. The summed E-state index contributed by atoms with van der Waals surface area (Å²) in [6.07, 6.45) is -10.0. The van der Waals surface area contributed by atoms with Gasteiger partial charge in [-0.2, -0.15) is 26.3 Å². The summed E-state index contributed by atoms with van der Waals surface area (Å²) in [5.41, 5.74) is -3.77. The van der Waals surface area contributed by atoms with Crippen molar-refractivity contribution in [3.8, 4) is 0 Å². The van der Waals surface area contributed by atoms with E-state index in [1.807, 2.05) is 0 Å². The summed E-state index contributed by atoms with van der Waals surface area (Å²) in [7, 11) is 0. The Kier molecular flexibility index (Phi) is 4.15. The van der Waals surface area contributed by atoms with Crippen LogP contribution in [0.2, 0.25) is 0 Å². The lowest BCUT2D eigenvalue weighted by Crippen LogP contribution is -2.26. The largest absolute Gasteiger partial charge is 0.480 e. The smallest absolute Gasteiger partial charge is 0.416 e. The number of hydrogen-bond donors (Lipinski definition) is 1. The maximum atomic E-state index is 12.6. The highest BCUT2D eigenvalue weighted by molar-refractivity contribution is 9.10. The summed E-state index contributed by atoms with van der Waals surface area (Å²) >= 11 is 2.62. The van der Waals surface area contributed by atoms with Crippen LogP contribution in [0.3, 0.4) is 0 Å². The van der Waals surface area contributed by atoms with Gasteiger partial charge in [0.05, 0.1) is 11.1 Å². The molecule has 2 nitrogen and oxygen atoms in total. The molecule has 0 amide bonds. The van der Waals surface area contributed by atoms with E-state index in [9.17, 15) is 31.1 Å². The van der Waals surface area contributed by atoms with Crippen LogP contribution >= 0.6 is 15.9 Å². The number of alkyl halides is 7. The average molecular weight is 365 g/mol. The molecule has 20 heavy (non-hydrogen) atoms. The molecular weight excluding hydrogens is 358 g/mol. The van der Waals surface area contributed by atoms with Gasteiger partial charge < -0.3 is 5.11 Å². The number of hydrogen-bond acceptors (Lipinski definition) is 1. The van der Waals surface area contributed by atoms with Crippen LogP contribution < -0.4 is 0 Å². The molecule has 0 bridgehead atoms. The standard InChI is InChI=1S/C11H7BrF6O2/c1-9(12,8(19)20)5-2-6(10(13,14)15)4-7(3-5)11(16,17)18/h2-4H,1H3,(H,19,20). The summed E-state index contributed by atoms with van der Waals surface area (Å²) < 4.78 is 73.5. The third-order valence-corrected chi connectivity index (χ3v) is 3.33. The third kappa shape index (κ3) is 3.44. The van der Waals surface area contributed by atoms with Crippen LogP contribution in [0, 0.1) is 0 Å². The lowest BCUT2D eigenvalue weighted by molar-refractivity contribution is -0.144. The highest BCUT2D eigenvalue weighted by Crippen LogP contribution is 2.40. The second-order valence-corrected chi connectivity index (χ2v) is 5.69. The minimum atomic E-state index is -5.02. The van der Waals surface area contributed by atoms with Gasteiger partial charge in [-0.05, 0) is 30.7 Å². The minimum Gasteiger partial charge on any atom is -0.480 e. The van der Waals surface area contributed by atoms with E-state index in [0.29, 0.717) is 12.1 Å². The lowest BCUT2D eigenvalue weighted by Gasteiger charge is -2.21. The molecule has 0 spiro atoms. The molecule has 0 saturated carbocycles. The second-order valence-electron chi connectivity index (χ2n) is 4.10. The van der Waals surface area contributed by atoms with Gasteiger partial charge in [0.2, 0.25) is 0 Å². The molecule has 1 aromatic rings. The van der Waals surface area contributed by atoms with Crippen molar-refractivity contribution < 1.29 is 36.2 Å². The third-order valence-electron chi connectivity index (χ3n) is 2.53. The van der Waals surface area contributed by atoms with E-state index >= 15 is 0 Å². The SMILES string of the molecule is CC(Br)(C(=O)O)c1cc(C(F)(F)F)cc(C(F)(F)F)c1. The molecule has 0 aliphatic carbocycles.